The van der Waals surface area contributed by atoms with Gasteiger partial charge in [0.2, 0.25) is 0 Å². The molecule has 146 valence electrons. The minimum absolute atomic E-state index is 0.596. The summed E-state index contributed by atoms with van der Waals surface area (Å²) in [6, 6.07) is 18.6. The van der Waals surface area contributed by atoms with Gasteiger partial charge in [0, 0.05) is 24.7 Å². The fraction of sp³-hybridized carbons (Fsp3) is 0.273. The fourth-order valence-corrected chi connectivity index (χ4v) is 3.47. The van der Waals surface area contributed by atoms with E-state index in [9.17, 15) is 0 Å². The Balaban J connectivity index is 1.45. The summed E-state index contributed by atoms with van der Waals surface area (Å²) in [6.07, 6.45) is 1.89. The molecule has 6 heteroatoms. The van der Waals surface area contributed by atoms with Crippen LogP contribution in [0.5, 0.6) is 0 Å². The van der Waals surface area contributed by atoms with Crippen LogP contribution in [0.3, 0.4) is 0 Å². The second kappa shape index (κ2) is 10.6. The molecule has 0 bridgehead atoms. The molecule has 1 heterocycles. The quantitative estimate of drug-likeness (QED) is 0.447. The number of aliphatic imine (C=N–C) groups is 1. The van der Waals surface area contributed by atoms with Crippen LogP contribution >= 0.6 is 11.3 Å². The van der Waals surface area contributed by atoms with Crippen molar-refractivity contribution in [2.45, 2.75) is 33.2 Å². The van der Waals surface area contributed by atoms with Gasteiger partial charge in [0.05, 0.1) is 19.8 Å². The number of hydrogen-bond donors (Lipinski definition) is 2. The predicted octanol–water partition coefficient (Wildman–Crippen LogP) is 4.03. The first-order valence-corrected chi connectivity index (χ1v) is 10.1. The zero-order valence-corrected chi connectivity index (χ0v) is 17.1. The number of aryl methyl sites for hydroxylation is 1. The third kappa shape index (κ3) is 6.48. The maximum Gasteiger partial charge on any atom is 0.191 e. The number of ether oxygens (including phenoxy) is 1. The Morgan fingerprint density at radius 2 is 1.68 bits per heavy atom. The maximum absolute atomic E-state index is 5.83. The van der Waals surface area contributed by atoms with Crippen molar-refractivity contribution < 1.29 is 4.74 Å². The monoisotopic (exact) mass is 394 g/mol. The molecule has 0 radical (unpaired) electrons. The van der Waals surface area contributed by atoms with Crippen LogP contribution in [0.4, 0.5) is 0 Å². The number of hydrogen-bond acceptors (Lipinski definition) is 4. The van der Waals surface area contributed by atoms with Crippen molar-refractivity contribution in [2.75, 3.05) is 7.05 Å². The van der Waals surface area contributed by atoms with Crippen LogP contribution in [0, 0.1) is 6.92 Å². The van der Waals surface area contributed by atoms with E-state index in [1.54, 1.807) is 18.4 Å². The third-order valence-electron chi connectivity index (χ3n) is 4.13. The van der Waals surface area contributed by atoms with Crippen LogP contribution in [0.2, 0.25) is 0 Å². The highest BCUT2D eigenvalue weighted by Gasteiger charge is 2.03. The second-order valence-corrected chi connectivity index (χ2v) is 7.76. The average molecular weight is 395 g/mol. The van der Waals surface area contributed by atoms with Gasteiger partial charge in [0.25, 0.3) is 0 Å². The van der Waals surface area contributed by atoms with Crippen molar-refractivity contribution in [1.82, 2.24) is 15.6 Å². The first-order chi connectivity index (χ1) is 13.7. The lowest BCUT2D eigenvalue weighted by molar-refractivity contribution is 0.107. The van der Waals surface area contributed by atoms with Gasteiger partial charge in [-0.3, -0.25) is 4.99 Å². The first-order valence-electron chi connectivity index (χ1n) is 9.28. The van der Waals surface area contributed by atoms with E-state index in [1.165, 1.54) is 16.0 Å². The summed E-state index contributed by atoms with van der Waals surface area (Å²) >= 11 is 1.69. The summed E-state index contributed by atoms with van der Waals surface area (Å²) in [5.41, 5.74) is 3.54. The Bertz CT molecular complexity index is 892. The lowest BCUT2D eigenvalue weighted by atomic mass is 10.1. The largest absolute Gasteiger partial charge is 0.372 e. The van der Waals surface area contributed by atoms with Gasteiger partial charge >= 0.3 is 0 Å². The van der Waals surface area contributed by atoms with Gasteiger partial charge < -0.3 is 15.4 Å². The molecular formula is C22H26N4OS. The summed E-state index contributed by atoms with van der Waals surface area (Å²) in [7, 11) is 1.77. The van der Waals surface area contributed by atoms with Gasteiger partial charge in [0.1, 0.15) is 5.01 Å². The first kappa shape index (κ1) is 20.0. The SMILES string of the molecule is CN=C(NCc1cccc(COCc2ccccc2)c1)NCc1ncc(C)s1. The molecule has 3 aromatic rings. The van der Waals surface area contributed by atoms with Gasteiger partial charge in [-0.2, -0.15) is 0 Å². The highest BCUT2D eigenvalue weighted by Crippen LogP contribution is 2.11. The lowest BCUT2D eigenvalue weighted by Gasteiger charge is -2.12. The fourth-order valence-electron chi connectivity index (χ4n) is 2.74. The molecule has 5 nitrogen and oxygen atoms in total. The summed E-state index contributed by atoms with van der Waals surface area (Å²) in [4.78, 5) is 9.85. The van der Waals surface area contributed by atoms with Crippen molar-refractivity contribution in [3.8, 4) is 0 Å². The molecule has 0 atom stereocenters. The topological polar surface area (TPSA) is 58.5 Å². The Labute approximate surface area is 170 Å². The number of thiazole rings is 1. The minimum Gasteiger partial charge on any atom is -0.372 e. The lowest BCUT2D eigenvalue weighted by Crippen LogP contribution is -2.36. The molecule has 0 aliphatic carbocycles. The van der Waals surface area contributed by atoms with Crippen LogP contribution in [0.25, 0.3) is 0 Å². The molecule has 0 aliphatic heterocycles. The van der Waals surface area contributed by atoms with Crippen molar-refractivity contribution in [3.63, 3.8) is 0 Å². The summed E-state index contributed by atoms with van der Waals surface area (Å²) in [5, 5.41) is 7.70. The molecule has 2 aromatic carbocycles. The Morgan fingerprint density at radius 3 is 2.43 bits per heavy atom. The normalized spacial score (nSPS) is 11.4. The van der Waals surface area contributed by atoms with E-state index in [2.05, 4.69) is 63.9 Å². The van der Waals surface area contributed by atoms with Gasteiger partial charge in [-0.05, 0) is 23.6 Å². The number of nitrogens with zero attached hydrogens (tertiary/aromatic N) is 2. The highest BCUT2D eigenvalue weighted by atomic mass is 32.1. The molecule has 28 heavy (non-hydrogen) atoms. The van der Waals surface area contributed by atoms with Gasteiger partial charge in [-0.15, -0.1) is 11.3 Å². The Kier molecular flexibility index (Phi) is 7.58. The molecule has 3 rings (SSSR count). The number of nitrogens with one attached hydrogen (secondary N) is 2. The van der Waals surface area contributed by atoms with E-state index in [1.807, 2.05) is 24.4 Å². The predicted molar refractivity (Wildman–Crippen MR) is 115 cm³/mol. The molecule has 0 amide bonds. The molecule has 1 aromatic heterocycles. The molecule has 0 unspecified atom stereocenters. The maximum atomic E-state index is 5.83. The molecular weight excluding hydrogens is 368 g/mol. The summed E-state index contributed by atoms with van der Waals surface area (Å²) in [6.45, 7) is 4.65. The average Bonchev–Trinajstić information content (AvgIpc) is 3.14. The smallest absolute Gasteiger partial charge is 0.191 e. The van der Waals surface area contributed by atoms with Gasteiger partial charge in [-0.1, -0.05) is 54.6 Å². The van der Waals surface area contributed by atoms with Gasteiger partial charge in [-0.25, -0.2) is 4.98 Å². The van der Waals surface area contributed by atoms with Crippen LogP contribution < -0.4 is 10.6 Å². The van der Waals surface area contributed by atoms with E-state index in [4.69, 9.17) is 4.74 Å². The molecule has 0 saturated heterocycles. The Morgan fingerprint density at radius 1 is 0.964 bits per heavy atom. The van der Waals surface area contributed by atoms with Crippen LogP contribution in [0.15, 0.2) is 65.8 Å². The van der Waals surface area contributed by atoms with Crippen molar-refractivity contribution in [2.24, 2.45) is 4.99 Å². The number of aromatic nitrogens is 1. The molecule has 0 aliphatic rings. The molecule has 2 N–H and O–H groups in total. The molecule has 0 spiro atoms. The van der Waals surface area contributed by atoms with E-state index in [0.29, 0.717) is 26.3 Å². The van der Waals surface area contributed by atoms with Crippen molar-refractivity contribution in [3.05, 3.63) is 87.4 Å². The second-order valence-electron chi connectivity index (χ2n) is 6.44. The Hall–Kier alpha value is -2.70. The van der Waals surface area contributed by atoms with E-state index >= 15 is 0 Å². The van der Waals surface area contributed by atoms with Gasteiger partial charge in [0.15, 0.2) is 5.96 Å². The van der Waals surface area contributed by atoms with Crippen LogP contribution in [-0.4, -0.2) is 18.0 Å². The van der Waals surface area contributed by atoms with Crippen LogP contribution in [-0.2, 0) is 31.0 Å². The van der Waals surface area contributed by atoms with Crippen molar-refractivity contribution in [1.29, 1.82) is 0 Å². The van der Waals surface area contributed by atoms with E-state index in [0.717, 1.165) is 16.5 Å². The zero-order chi connectivity index (χ0) is 19.6. The highest BCUT2D eigenvalue weighted by molar-refractivity contribution is 7.11. The number of rotatable bonds is 8. The molecule has 0 fully saturated rings. The summed E-state index contributed by atoms with van der Waals surface area (Å²) in [5.74, 6) is 0.763. The van der Waals surface area contributed by atoms with E-state index in [-0.39, 0.29) is 0 Å². The van der Waals surface area contributed by atoms with Crippen molar-refractivity contribution >= 4 is 17.3 Å². The number of benzene rings is 2. The number of guanidine groups is 1. The van der Waals surface area contributed by atoms with Crippen LogP contribution in [0.1, 0.15) is 26.6 Å². The van der Waals surface area contributed by atoms with E-state index < -0.39 is 0 Å². The minimum atomic E-state index is 0.596. The third-order valence-corrected chi connectivity index (χ3v) is 5.04. The standard InChI is InChI=1S/C22H26N4OS/c1-17-12-24-21(28-17)14-26-22(23-2)25-13-19-9-6-10-20(11-19)16-27-15-18-7-4-3-5-8-18/h3-12H,13-16H2,1-2H3,(H2,23,25,26). The molecule has 0 saturated carbocycles. The summed E-state index contributed by atoms with van der Waals surface area (Å²) < 4.78 is 5.83. The zero-order valence-electron chi connectivity index (χ0n) is 16.3.